The molecule has 1 saturated heterocycles. The second-order valence-corrected chi connectivity index (χ2v) is 8.41. The molecule has 24 heavy (non-hydrogen) atoms. The molecule has 0 radical (unpaired) electrons. The summed E-state index contributed by atoms with van der Waals surface area (Å²) in [5.41, 5.74) is 2.17. The van der Waals surface area contributed by atoms with Crippen LogP contribution in [-0.4, -0.2) is 51.9 Å². The summed E-state index contributed by atoms with van der Waals surface area (Å²) in [5.74, 6) is 0.437. The first kappa shape index (κ1) is 17.4. The van der Waals surface area contributed by atoms with Gasteiger partial charge in [0.25, 0.3) is 0 Å². The van der Waals surface area contributed by atoms with E-state index in [9.17, 15) is 13.2 Å². The minimum atomic E-state index is -3.48. The molecule has 1 atom stereocenters. The zero-order valence-corrected chi connectivity index (χ0v) is 14.9. The highest BCUT2D eigenvalue weighted by molar-refractivity contribution is 7.89. The van der Waals surface area contributed by atoms with Crippen molar-refractivity contribution in [2.45, 2.75) is 31.1 Å². The van der Waals surface area contributed by atoms with Crippen molar-refractivity contribution in [2.24, 2.45) is 5.92 Å². The standard InChI is InChI=1S/C17H25N3O3S/c1-13(21)20-8-5-15-2-3-17(10-16(15)6-9-20)24(22,23)19-12-14-4-7-18-11-14/h2-3,10,14,18-19H,4-9,11-12H2,1H3. The fourth-order valence-electron chi connectivity index (χ4n) is 3.38. The van der Waals surface area contributed by atoms with E-state index in [2.05, 4.69) is 10.0 Å². The number of fused-ring (bicyclic) bond motifs is 1. The number of hydrogen-bond donors (Lipinski definition) is 2. The number of hydrogen-bond acceptors (Lipinski definition) is 4. The normalized spacial score (nSPS) is 21.4. The number of carbonyl (C=O) groups is 1. The first-order valence-corrected chi connectivity index (χ1v) is 10.0. The lowest BCUT2D eigenvalue weighted by Gasteiger charge is -2.17. The maximum atomic E-state index is 12.5. The van der Waals surface area contributed by atoms with Crippen molar-refractivity contribution in [3.05, 3.63) is 29.3 Å². The summed E-state index contributed by atoms with van der Waals surface area (Å²) in [4.78, 5) is 13.7. The van der Waals surface area contributed by atoms with Crippen molar-refractivity contribution in [1.82, 2.24) is 14.9 Å². The molecular weight excluding hydrogens is 326 g/mol. The highest BCUT2D eigenvalue weighted by Gasteiger charge is 2.22. The number of benzene rings is 1. The molecule has 0 aliphatic carbocycles. The van der Waals surface area contributed by atoms with E-state index in [0.29, 0.717) is 36.9 Å². The second kappa shape index (κ2) is 7.21. The van der Waals surface area contributed by atoms with Gasteiger partial charge < -0.3 is 10.2 Å². The third kappa shape index (κ3) is 3.96. The van der Waals surface area contributed by atoms with E-state index in [1.54, 1.807) is 19.1 Å². The molecule has 2 aliphatic heterocycles. The number of nitrogens with one attached hydrogen (secondary N) is 2. The van der Waals surface area contributed by atoms with Crippen LogP contribution in [-0.2, 0) is 27.7 Å². The van der Waals surface area contributed by atoms with Crippen molar-refractivity contribution >= 4 is 15.9 Å². The molecule has 1 aromatic rings. The monoisotopic (exact) mass is 351 g/mol. The predicted molar refractivity (Wildman–Crippen MR) is 92.3 cm³/mol. The lowest BCUT2D eigenvalue weighted by Crippen LogP contribution is -2.31. The van der Waals surface area contributed by atoms with Gasteiger partial charge >= 0.3 is 0 Å². The van der Waals surface area contributed by atoms with Crippen LogP contribution < -0.4 is 10.0 Å². The van der Waals surface area contributed by atoms with E-state index in [1.807, 2.05) is 11.0 Å². The molecule has 1 amide bonds. The number of carbonyl (C=O) groups excluding carboxylic acids is 1. The van der Waals surface area contributed by atoms with Crippen LogP contribution in [0.3, 0.4) is 0 Å². The highest BCUT2D eigenvalue weighted by atomic mass is 32.2. The third-order valence-electron chi connectivity index (χ3n) is 4.96. The molecule has 132 valence electrons. The summed E-state index contributed by atoms with van der Waals surface area (Å²) < 4.78 is 27.8. The molecule has 0 saturated carbocycles. The number of rotatable bonds is 4. The third-order valence-corrected chi connectivity index (χ3v) is 6.38. The van der Waals surface area contributed by atoms with Gasteiger partial charge in [-0.1, -0.05) is 6.07 Å². The largest absolute Gasteiger partial charge is 0.342 e. The average molecular weight is 351 g/mol. The summed E-state index contributed by atoms with van der Waals surface area (Å²) >= 11 is 0. The van der Waals surface area contributed by atoms with Crippen molar-refractivity contribution < 1.29 is 13.2 Å². The summed E-state index contributed by atoms with van der Waals surface area (Å²) in [6.07, 6.45) is 2.48. The molecule has 0 bridgehead atoms. The Morgan fingerprint density at radius 1 is 1.29 bits per heavy atom. The Kier molecular flexibility index (Phi) is 5.22. The van der Waals surface area contributed by atoms with Gasteiger partial charge in [0.15, 0.2) is 0 Å². The molecule has 2 aliphatic rings. The second-order valence-electron chi connectivity index (χ2n) is 6.65. The van der Waals surface area contributed by atoms with Gasteiger partial charge in [-0.05, 0) is 61.5 Å². The minimum absolute atomic E-state index is 0.0718. The molecule has 1 unspecified atom stereocenters. The van der Waals surface area contributed by atoms with E-state index in [-0.39, 0.29) is 5.91 Å². The van der Waals surface area contributed by atoms with Crippen LogP contribution in [0.15, 0.2) is 23.1 Å². The number of amides is 1. The molecule has 6 nitrogen and oxygen atoms in total. The van der Waals surface area contributed by atoms with Gasteiger partial charge in [0.1, 0.15) is 0 Å². The Morgan fingerprint density at radius 3 is 2.71 bits per heavy atom. The molecule has 1 aromatic carbocycles. The molecule has 2 N–H and O–H groups in total. The van der Waals surface area contributed by atoms with E-state index < -0.39 is 10.0 Å². The van der Waals surface area contributed by atoms with E-state index in [1.165, 1.54) is 0 Å². The van der Waals surface area contributed by atoms with Crippen LogP contribution in [0.25, 0.3) is 0 Å². The lowest BCUT2D eigenvalue weighted by molar-refractivity contribution is -0.128. The molecule has 3 rings (SSSR count). The Balaban J connectivity index is 1.72. The van der Waals surface area contributed by atoms with Gasteiger partial charge in [0.05, 0.1) is 4.90 Å². The smallest absolute Gasteiger partial charge is 0.240 e. The lowest BCUT2D eigenvalue weighted by atomic mass is 10.0. The Hall–Kier alpha value is -1.44. The summed E-state index contributed by atoms with van der Waals surface area (Å²) in [5, 5.41) is 3.24. The highest BCUT2D eigenvalue weighted by Crippen LogP contribution is 2.21. The molecule has 0 aromatic heterocycles. The van der Waals surface area contributed by atoms with E-state index in [0.717, 1.165) is 37.1 Å². The van der Waals surface area contributed by atoms with E-state index >= 15 is 0 Å². The van der Waals surface area contributed by atoms with Crippen LogP contribution in [0.2, 0.25) is 0 Å². The summed E-state index contributed by atoms with van der Waals surface area (Å²) in [6, 6.07) is 5.34. The van der Waals surface area contributed by atoms with Gasteiger partial charge in [-0.3, -0.25) is 4.79 Å². The molecular formula is C17H25N3O3S. The van der Waals surface area contributed by atoms with Gasteiger partial charge in [-0.2, -0.15) is 0 Å². The van der Waals surface area contributed by atoms with Gasteiger partial charge in [-0.25, -0.2) is 13.1 Å². The van der Waals surface area contributed by atoms with Crippen LogP contribution >= 0.6 is 0 Å². The van der Waals surface area contributed by atoms with E-state index in [4.69, 9.17) is 0 Å². The number of sulfonamides is 1. The molecule has 7 heteroatoms. The van der Waals surface area contributed by atoms with Gasteiger partial charge in [0, 0.05) is 26.6 Å². The zero-order chi connectivity index (χ0) is 17.2. The zero-order valence-electron chi connectivity index (χ0n) is 14.0. The predicted octanol–water partition coefficient (Wildman–Crippen LogP) is 0.522. The van der Waals surface area contributed by atoms with Crippen molar-refractivity contribution in [3.8, 4) is 0 Å². The van der Waals surface area contributed by atoms with Crippen molar-refractivity contribution in [3.63, 3.8) is 0 Å². The fraction of sp³-hybridized carbons (Fsp3) is 0.588. The maximum Gasteiger partial charge on any atom is 0.240 e. The van der Waals surface area contributed by atoms with Crippen LogP contribution in [0.1, 0.15) is 24.5 Å². The fourth-order valence-corrected chi connectivity index (χ4v) is 4.55. The van der Waals surface area contributed by atoms with Crippen LogP contribution in [0.5, 0.6) is 0 Å². The number of nitrogens with zero attached hydrogens (tertiary/aromatic N) is 1. The first-order chi connectivity index (χ1) is 11.5. The quantitative estimate of drug-likeness (QED) is 0.829. The topological polar surface area (TPSA) is 78.5 Å². The molecule has 1 fully saturated rings. The molecule has 2 heterocycles. The van der Waals surface area contributed by atoms with Crippen molar-refractivity contribution in [2.75, 3.05) is 32.7 Å². The van der Waals surface area contributed by atoms with Crippen LogP contribution in [0, 0.1) is 5.92 Å². The summed E-state index contributed by atoms with van der Waals surface area (Å²) in [7, 11) is -3.48. The maximum absolute atomic E-state index is 12.5. The molecule has 0 spiro atoms. The van der Waals surface area contributed by atoms with Gasteiger partial charge in [0.2, 0.25) is 15.9 Å². The SMILES string of the molecule is CC(=O)N1CCc2ccc(S(=O)(=O)NCC3CCNC3)cc2CC1. The van der Waals surface area contributed by atoms with Gasteiger partial charge in [-0.15, -0.1) is 0 Å². The summed E-state index contributed by atoms with van der Waals surface area (Å²) in [6.45, 7) is 5.22. The Labute approximate surface area is 143 Å². The minimum Gasteiger partial charge on any atom is -0.342 e. The average Bonchev–Trinajstić information content (AvgIpc) is 2.97. The first-order valence-electron chi connectivity index (χ1n) is 8.53. The van der Waals surface area contributed by atoms with Crippen LogP contribution in [0.4, 0.5) is 0 Å². The van der Waals surface area contributed by atoms with Crippen molar-refractivity contribution in [1.29, 1.82) is 0 Å². The Morgan fingerprint density at radius 2 is 2.04 bits per heavy atom. The Bertz CT molecular complexity index is 712.